The van der Waals surface area contributed by atoms with Crippen LogP contribution in [0.5, 0.6) is 0 Å². The number of hydrogen-bond donors (Lipinski definition) is 2. The van der Waals surface area contributed by atoms with Gasteiger partial charge in [0.1, 0.15) is 22.7 Å². The maximum Gasteiger partial charge on any atom is 0.341 e. The van der Waals surface area contributed by atoms with E-state index in [0.29, 0.717) is 13.2 Å². The van der Waals surface area contributed by atoms with Gasteiger partial charge < -0.3 is 25.0 Å². The Balaban J connectivity index is 0.00000218. The molecule has 5 rings (SSSR count). The lowest BCUT2D eigenvalue weighted by Gasteiger charge is -2.27. The van der Waals surface area contributed by atoms with Crippen molar-refractivity contribution in [1.82, 2.24) is 4.57 Å². The summed E-state index contributed by atoms with van der Waals surface area (Å²) in [5.74, 6) is -3.05. The van der Waals surface area contributed by atoms with E-state index in [1.165, 1.54) is 10.8 Å². The average Bonchev–Trinajstić information content (AvgIpc) is 3.34. The Labute approximate surface area is 176 Å². The molecule has 1 saturated carbocycles. The predicted octanol–water partition coefficient (Wildman–Crippen LogP) is 2.29. The number of pyridine rings is 1. The Hall–Kier alpha value is -2.23. The van der Waals surface area contributed by atoms with Crippen LogP contribution >= 0.6 is 12.4 Å². The number of carbonyl (C=O) groups is 1. The molecule has 1 aromatic heterocycles. The van der Waals surface area contributed by atoms with Gasteiger partial charge in [-0.25, -0.2) is 13.6 Å². The van der Waals surface area contributed by atoms with Gasteiger partial charge in [-0.15, -0.1) is 12.4 Å². The summed E-state index contributed by atoms with van der Waals surface area (Å²) in [4.78, 5) is 25.6. The van der Waals surface area contributed by atoms with Crippen molar-refractivity contribution in [2.75, 3.05) is 31.1 Å². The van der Waals surface area contributed by atoms with Crippen molar-refractivity contribution in [2.45, 2.75) is 30.9 Å². The van der Waals surface area contributed by atoms with Crippen LogP contribution in [0, 0.1) is 17.6 Å². The first-order chi connectivity index (χ1) is 13.9. The fourth-order valence-electron chi connectivity index (χ4n) is 4.85. The lowest BCUT2D eigenvalue weighted by molar-refractivity contribution is 0.0126. The van der Waals surface area contributed by atoms with Gasteiger partial charge in [-0.2, -0.15) is 0 Å². The Morgan fingerprint density at radius 3 is 2.67 bits per heavy atom. The summed E-state index contributed by atoms with van der Waals surface area (Å²) < 4.78 is 38.0. The number of fused-ring (bicyclic) bond motifs is 2. The Morgan fingerprint density at radius 2 is 2.07 bits per heavy atom. The number of hydrogen-bond acceptors (Lipinski definition) is 5. The van der Waals surface area contributed by atoms with Gasteiger partial charge in [-0.05, 0) is 25.3 Å². The van der Waals surface area contributed by atoms with Crippen molar-refractivity contribution in [2.24, 2.45) is 11.7 Å². The molecule has 0 radical (unpaired) electrons. The third kappa shape index (κ3) is 2.91. The van der Waals surface area contributed by atoms with E-state index in [2.05, 4.69) is 0 Å². The van der Waals surface area contributed by atoms with E-state index in [1.807, 2.05) is 0 Å². The molecule has 0 bridgehead atoms. The van der Waals surface area contributed by atoms with Crippen molar-refractivity contribution >= 4 is 35.0 Å². The highest BCUT2D eigenvalue weighted by atomic mass is 35.5. The highest BCUT2D eigenvalue weighted by molar-refractivity contribution is 5.94. The first-order valence-electron chi connectivity index (χ1n) is 9.75. The summed E-state index contributed by atoms with van der Waals surface area (Å²) >= 11 is 0. The third-order valence-corrected chi connectivity index (χ3v) is 6.52. The van der Waals surface area contributed by atoms with E-state index in [-0.39, 0.29) is 54.0 Å². The third-order valence-electron chi connectivity index (χ3n) is 6.52. The Morgan fingerprint density at radius 1 is 1.33 bits per heavy atom. The van der Waals surface area contributed by atoms with E-state index in [9.17, 15) is 14.7 Å². The molecule has 10 heteroatoms. The second kappa shape index (κ2) is 7.18. The van der Waals surface area contributed by atoms with Crippen LogP contribution in [0.15, 0.2) is 17.1 Å². The monoisotopic (exact) mass is 441 g/mol. The Kier molecular flexibility index (Phi) is 5.03. The zero-order chi connectivity index (χ0) is 20.5. The number of nitrogens with zero attached hydrogens (tertiary/aromatic N) is 2. The summed E-state index contributed by atoms with van der Waals surface area (Å²) in [6.07, 6.45) is 3.45. The first-order valence-corrected chi connectivity index (χ1v) is 9.75. The molecule has 1 unspecified atom stereocenters. The molecule has 0 amide bonds. The van der Waals surface area contributed by atoms with E-state index in [1.54, 1.807) is 4.90 Å². The minimum atomic E-state index is -1.41. The van der Waals surface area contributed by atoms with Crippen molar-refractivity contribution < 1.29 is 23.4 Å². The molecular weight excluding hydrogens is 420 g/mol. The number of carboxylic acid groups (broad SMARTS) is 1. The number of ether oxygens (including phenoxy) is 1. The van der Waals surface area contributed by atoms with Gasteiger partial charge in [0.2, 0.25) is 5.43 Å². The minimum Gasteiger partial charge on any atom is -0.477 e. The Bertz CT molecular complexity index is 1100. The number of nitrogens with two attached hydrogens (primary N) is 1. The quantitative estimate of drug-likeness (QED) is 0.755. The number of rotatable bonds is 4. The average molecular weight is 442 g/mol. The van der Waals surface area contributed by atoms with Crippen LogP contribution in [-0.2, 0) is 4.74 Å². The van der Waals surface area contributed by atoms with Crippen molar-refractivity contribution in [3.8, 4) is 0 Å². The molecule has 1 aromatic carbocycles. The molecule has 2 aromatic rings. The van der Waals surface area contributed by atoms with Gasteiger partial charge in [0.05, 0.1) is 10.9 Å². The molecule has 0 spiro atoms. The number of aromatic carboxylic acids is 1. The van der Waals surface area contributed by atoms with Gasteiger partial charge >= 0.3 is 5.97 Å². The summed E-state index contributed by atoms with van der Waals surface area (Å²) in [7, 11) is 0. The van der Waals surface area contributed by atoms with Crippen molar-refractivity contribution in [1.29, 1.82) is 0 Å². The molecule has 162 valence electrons. The number of halogens is 3. The fraction of sp³-hybridized carbons (Fsp3) is 0.500. The molecule has 1 aliphatic carbocycles. The molecule has 30 heavy (non-hydrogen) atoms. The summed E-state index contributed by atoms with van der Waals surface area (Å²) in [6, 6.07) is 0.867. The summed E-state index contributed by atoms with van der Waals surface area (Å²) in [5, 5.41) is 9.08. The van der Waals surface area contributed by atoms with Crippen LogP contribution in [0.2, 0.25) is 0 Å². The lowest BCUT2D eigenvalue weighted by Crippen LogP contribution is -2.44. The molecule has 3 N–H and O–H groups in total. The van der Waals surface area contributed by atoms with E-state index in [4.69, 9.17) is 10.5 Å². The molecule has 3 aliphatic rings. The maximum absolute atomic E-state index is 15.7. The molecule has 2 saturated heterocycles. The SMILES string of the molecule is Cl.NCC12CN(c3c(F)cc4c(=O)c(C(=O)O)cn(C5CC5)c4c3F)C[C@H]1CCO2. The van der Waals surface area contributed by atoms with E-state index in [0.717, 1.165) is 25.3 Å². The standard InChI is InChI=1S/C20H21F2N3O4.ClH/c21-14-5-12-16(25(11-1-2-11)7-13(18(12)26)19(27)28)15(22)17(14)24-6-10-3-4-29-20(10,8-23)9-24;/h5,7,10-11H,1-4,6,8-9,23H2,(H,27,28);1H/t10-,20?;/m1./s1. The highest BCUT2D eigenvalue weighted by Gasteiger charge is 2.51. The van der Waals surface area contributed by atoms with Crippen molar-refractivity contribution in [3.63, 3.8) is 0 Å². The molecule has 3 heterocycles. The van der Waals surface area contributed by atoms with Crippen LogP contribution in [0.1, 0.15) is 35.7 Å². The second-order valence-electron chi connectivity index (χ2n) is 8.22. The topological polar surface area (TPSA) is 97.8 Å². The second-order valence-corrected chi connectivity index (χ2v) is 8.22. The zero-order valence-corrected chi connectivity index (χ0v) is 16.9. The van der Waals surface area contributed by atoms with Crippen LogP contribution in [0.3, 0.4) is 0 Å². The lowest BCUT2D eigenvalue weighted by atomic mass is 9.91. The number of benzene rings is 1. The maximum atomic E-state index is 15.7. The predicted molar refractivity (Wildman–Crippen MR) is 109 cm³/mol. The number of anilines is 1. The number of aromatic nitrogens is 1. The van der Waals surface area contributed by atoms with Gasteiger partial charge in [0, 0.05) is 44.4 Å². The molecule has 2 aliphatic heterocycles. The zero-order valence-electron chi connectivity index (χ0n) is 16.1. The van der Waals surface area contributed by atoms with Crippen molar-refractivity contribution in [3.05, 3.63) is 39.7 Å². The van der Waals surface area contributed by atoms with Gasteiger partial charge in [-0.3, -0.25) is 4.79 Å². The fourth-order valence-corrected chi connectivity index (χ4v) is 4.85. The largest absolute Gasteiger partial charge is 0.477 e. The van der Waals surface area contributed by atoms with Crippen LogP contribution in [0.4, 0.5) is 14.5 Å². The smallest absolute Gasteiger partial charge is 0.341 e. The highest BCUT2D eigenvalue weighted by Crippen LogP contribution is 2.44. The molecule has 3 fully saturated rings. The normalized spacial score (nSPS) is 25.4. The van der Waals surface area contributed by atoms with Crippen LogP contribution in [0.25, 0.3) is 10.9 Å². The van der Waals surface area contributed by atoms with Gasteiger partial charge in [-0.1, -0.05) is 0 Å². The first kappa shape index (κ1) is 21.0. The van der Waals surface area contributed by atoms with Gasteiger partial charge in [0.25, 0.3) is 0 Å². The molecule has 7 nitrogen and oxygen atoms in total. The van der Waals surface area contributed by atoms with Gasteiger partial charge in [0.15, 0.2) is 5.82 Å². The summed E-state index contributed by atoms with van der Waals surface area (Å²) in [6.45, 7) is 1.53. The number of carboxylic acids is 1. The van der Waals surface area contributed by atoms with Crippen LogP contribution in [-0.4, -0.2) is 47.5 Å². The minimum absolute atomic E-state index is 0. The van der Waals surface area contributed by atoms with E-state index >= 15 is 8.78 Å². The van der Waals surface area contributed by atoms with Crippen LogP contribution < -0.4 is 16.1 Å². The van der Waals surface area contributed by atoms with E-state index < -0.39 is 34.2 Å². The molecule has 2 atom stereocenters. The summed E-state index contributed by atoms with van der Waals surface area (Å²) in [5.41, 5.74) is 3.68. The molecular formula is C20H22ClF2N3O4.